The van der Waals surface area contributed by atoms with Crippen LogP contribution >= 0.6 is 11.8 Å². The van der Waals surface area contributed by atoms with E-state index in [1.54, 1.807) is 6.33 Å². The number of rotatable bonds is 3. The van der Waals surface area contributed by atoms with Gasteiger partial charge in [-0.25, -0.2) is 9.97 Å². The van der Waals surface area contributed by atoms with Gasteiger partial charge in [0.15, 0.2) is 0 Å². The van der Waals surface area contributed by atoms with Gasteiger partial charge in [0, 0.05) is 36.2 Å². The van der Waals surface area contributed by atoms with Crippen LogP contribution in [0.1, 0.15) is 20.8 Å². The Morgan fingerprint density at radius 1 is 1.35 bits per heavy atom. The van der Waals surface area contributed by atoms with Crippen molar-refractivity contribution < 1.29 is 0 Å². The van der Waals surface area contributed by atoms with Crippen molar-refractivity contribution in [1.29, 1.82) is 0 Å². The molecule has 4 nitrogen and oxygen atoms in total. The lowest BCUT2D eigenvalue weighted by Crippen LogP contribution is -2.40. The fourth-order valence-electron chi connectivity index (χ4n) is 2.16. The maximum absolute atomic E-state index is 4.38. The van der Waals surface area contributed by atoms with Crippen molar-refractivity contribution >= 4 is 23.4 Å². The van der Waals surface area contributed by atoms with E-state index in [4.69, 9.17) is 0 Å². The molecule has 1 aliphatic rings. The van der Waals surface area contributed by atoms with Crippen molar-refractivity contribution in [2.24, 2.45) is 0 Å². The first kappa shape index (κ1) is 12.5. The Kier molecular flexibility index (Phi) is 4.10. The molecule has 1 aliphatic heterocycles. The largest absolute Gasteiger partial charge is 0.370 e. The molecule has 0 bridgehead atoms. The molecule has 1 aromatic rings. The summed E-state index contributed by atoms with van der Waals surface area (Å²) in [7, 11) is 0. The first-order valence-electron chi connectivity index (χ1n) is 6.15. The average molecular weight is 252 g/mol. The van der Waals surface area contributed by atoms with Gasteiger partial charge in [-0.2, -0.15) is 11.8 Å². The molecule has 2 unspecified atom stereocenters. The molecule has 0 aromatic carbocycles. The summed E-state index contributed by atoms with van der Waals surface area (Å²) >= 11 is 2.05. The molecule has 1 aromatic heterocycles. The maximum atomic E-state index is 4.38. The lowest BCUT2D eigenvalue weighted by atomic mass is 10.3. The third-order valence-electron chi connectivity index (χ3n) is 2.75. The van der Waals surface area contributed by atoms with E-state index in [1.807, 2.05) is 6.07 Å². The number of hydrogen-bond donors (Lipinski definition) is 1. The van der Waals surface area contributed by atoms with Gasteiger partial charge in [-0.3, -0.25) is 0 Å². The van der Waals surface area contributed by atoms with Gasteiger partial charge in [-0.1, -0.05) is 13.8 Å². The molecule has 0 aliphatic carbocycles. The Hall–Kier alpha value is -0.970. The number of nitrogens with one attached hydrogen (secondary N) is 1. The zero-order valence-electron chi connectivity index (χ0n) is 10.7. The molecule has 2 rings (SSSR count). The highest BCUT2D eigenvalue weighted by molar-refractivity contribution is 8.00. The van der Waals surface area contributed by atoms with Gasteiger partial charge in [0.25, 0.3) is 0 Å². The molecule has 0 radical (unpaired) electrons. The Labute approximate surface area is 107 Å². The van der Waals surface area contributed by atoms with Crippen LogP contribution in [-0.4, -0.2) is 40.1 Å². The highest BCUT2D eigenvalue weighted by Crippen LogP contribution is 2.27. The maximum Gasteiger partial charge on any atom is 0.134 e. The monoisotopic (exact) mass is 252 g/mol. The van der Waals surface area contributed by atoms with Crippen molar-refractivity contribution in [1.82, 2.24) is 9.97 Å². The fourth-order valence-corrected chi connectivity index (χ4v) is 3.49. The molecule has 0 saturated carbocycles. The molecule has 1 saturated heterocycles. The molecule has 2 heterocycles. The summed E-state index contributed by atoms with van der Waals surface area (Å²) in [6.45, 7) is 9.65. The second kappa shape index (κ2) is 5.58. The van der Waals surface area contributed by atoms with Crippen LogP contribution in [0.25, 0.3) is 0 Å². The topological polar surface area (TPSA) is 41.0 Å². The SMILES string of the molecule is CCNc1cc(N2CC(C)SC(C)C2)ncn1. The molecular weight excluding hydrogens is 232 g/mol. The van der Waals surface area contributed by atoms with Crippen molar-refractivity contribution in [3.05, 3.63) is 12.4 Å². The standard InChI is InChI=1S/C12H20N4S/c1-4-13-11-5-12(15-8-14-11)16-6-9(2)17-10(3)7-16/h5,8-10H,4,6-7H2,1-3H3,(H,13,14,15). The number of hydrogen-bond acceptors (Lipinski definition) is 5. The Bertz CT molecular complexity index is 361. The number of aromatic nitrogens is 2. The van der Waals surface area contributed by atoms with Crippen LogP contribution < -0.4 is 10.2 Å². The number of anilines is 2. The second-order valence-electron chi connectivity index (χ2n) is 4.45. The average Bonchev–Trinajstić information content (AvgIpc) is 2.28. The quantitative estimate of drug-likeness (QED) is 0.893. The zero-order chi connectivity index (χ0) is 12.3. The zero-order valence-corrected chi connectivity index (χ0v) is 11.5. The third-order valence-corrected chi connectivity index (χ3v) is 3.98. The minimum atomic E-state index is 0.663. The van der Waals surface area contributed by atoms with Gasteiger partial charge < -0.3 is 10.2 Å². The van der Waals surface area contributed by atoms with Crippen LogP contribution in [0.3, 0.4) is 0 Å². The van der Waals surface area contributed by atoms with E-state index in [2.05, 4.69) is 52.7 Å². The summed E-state index contributed by atoms with van der Waals surface area (Å²) < 4.78 is 0. The predicted molar refractivity (Wildman–Crippen MR) is 74.9 cm³/mol. The molecule has 1 fully saturated rings. The van der Waals surface area contributed by atoms with Crippen molar-refractivity contribution in [2.45, 2.75) is 31.3 Å². The molecule has 94 valence electrons. The lowest BCUT2D eigenvalue weighted by molar-refractivity contribution is 0.717. The minimum absolute atomic E-state index is 0.663. The molecule has 0 spiro atoms. The van der Waals surface area contributed by atoms with E-state index < -0.39 is 0 Å². The molecule has 1 N–H and O–H groups in total. The van der Waals surface area contributed by atoms with Crippen LogP contribution in [0.2, 0.25) is 0 Å². The van der Waals surface area contributed by atoms with Crippen LogP contribution in [-0.2, 0) is 0 Å². The van der Waals surface area contributed by atoms with E-state index in [9.17, 15) is 0 Å². The highest BCUT2D eigenvalue weighted by atomic mass is 32.2. The van der Waals surface area contributed by atoms with E-state index in [0.29, 0.717) is 10.5 Å². The summed E-state index contributed by atoms with van der Waals surface area (Å²) in [5.41, 5.74) is 0. The molecular formula is C12H20N4S. The van der Waals surface area contributed by atoms with Gasteiger partial charge in [0.1, 0.15) is 18.0 Å². The van der Waals surface area contributed by atoms with Crippen LogP contribution in [0.4, 0.5) is 11.6 Å². The lowest BCUT2D eigenvalue weighted by Gasteiger charge is -2.35. The Morgan fingerprint density at radius 2 is 2.06 bits per heavy atom. The summed E-state index contributed by atoms with van der Waals surface area (Å²) in [4.78, 5) is 10.9. The molecule has 17 heavy (non-hydrogen) atoms. The highest BCUT2D eigenvalue weighted by Gasteiger charge is 2.23. The minimum Gasteiger partial charge on any atom is -0.370 e. The van der Waals surface area contributed by atoms with Gasteiger partial charge >= 0.3 is 0 Å². The first-order valence-corrected chi connectivity index (χ1v) is 7.09. The second-order valence-corrected chi connectivity index (χ2v) is 6.34. The fraction of sp³-hybridized carbons (Fsp3) is 0.667. The van der Waals surface area contributed by atoms with Gasteiger partial charge in [-0.15, -0.1) is 0 Å². The normalized spacial score (nSPS) is 24.8. The van der Waals surface area contributed by atoms with E-state index >= 15 is 0 Å². The van der Waals surface area contributed by atoms with Gasteiger partial charge in [-0.05, 0) is 6.92 Å². The Morgan fingerprint density at radius 3 is 2.71 bits per heavy atom. The third kappa shape index (κ3) is 3.25. The van der Waals surface area contributed by atoms with Crippen LogP contribution in [0.5, 0.6) is 0 Å². The van der Waals surface area contributed by atoms with E-state index in [-0.39, 0.29) is 0 Å². The summed E-state index contributed by atoms with van der Waals surface area (Å²) in [5, 5.41) is 4.55. The summed E-state index contributed by atoms with van der Waals surface area (Å²) in [5.74, 6) is 1.95. The van der Waals surface area contributed by atoms with Crippen LogP contribution in [0, 0.1) is 0 Å². The van der Waals surface area contributed by atoms with Crippen molar-refractivity contribution in [2.75, 3.05) is 29.9 Å². The number of thioether (sulfide) groups is 1. The van der Waals surface area contributed by atoms with E-state index in [0.717, 1.165) is 31.3 Å². The summed E-state index contributed by atoms with van der Waals surface area (Å²) in [6.07, 6.45) is 1.64. The molecule has 0 amide bonds. The van der Waals surface area contributed by atoms with Gasteiger partial charge in [0.2, 0.25) is 0 Å². The van der Waals surface area contributed by atoms with E-state index in [1.165, 1.54) is 0 Å². The predicted octanol–water partition coefficient (Wildman–Crippen LogP) is 2.24. The van der Waals surface area contributed by atoms with Crippen molar-refractivity contribution in [3.8, 4) is 0 Å². The first-order chi connectivity index (χ1) is 8.19. The van der Waals surface area contributed by atoms with Gasteiger partial charge in [0.05, 0.1) is 0 Å². The Balaban J connectivity index is 2.12. The van der Waals surface area contributed by atoms with Crippen LogP contribution in [0.15, 0.2) is 12.4 Å². The number of nitrogens with zero attached hydrogens (tertiary/aromatic N) is 3. The smallest absolute Gasteiger partial charge is 0.134 e. The van der Waals surface area contributed by atoms with Crippen molar-refractivity contribution in [3.63, 3.8) is 0 Å². The molecule has 2 atom stereocenters. The molecule has 5 heteroatoms. The summed E-state index contributed by atoms with van der Waals surface area (Å²) in [6, 6.07) is 2.04.